The Kier molecular flexibility index (Phi) is 5.24. The number of aromatic nitrogens is 2. The summed E-state index contributed by atoms with van der Waals surface area (Å²) in [7, 11) is 0. The van der Waals surface area contributed by atoms with Gasteiger partial charge in [0.15, 0.2) is 5.96 Å². The second-order valence-corrected chi connectivity index (χ2v) is 5.86. The fourth-order valence-corrected chi connectivity index (χ4v) is 2.93. The Labute approximate surface area is 136 Å². The van der Waals surface area contributed by atoms with Gasteiger partial charge in [0.25, 0.3) is 0 Å². The smallest absolute Gasteiger partial charge is 0.225 e. The van der Waals surface area contributed by atoms with Gasteiger partial charge < -0.3 is 25.4 Å². The summed E-state index contributed by atoms with van der Waals surface area (Å²) in [5.41, 5.74) is 6.10. The van der Waals surface area contributed by atoms with Gasteiger partial charge in [0, 0.05) is 38.6 Å². The summed E-state index contributed by atoms with van der Waals surface area (Å²) < 4.78 is 5.67. The predicted octanol–water partition coefficient (Wildman–Crippen LogP) is -0.547. The van der Waals surface area contributed by atoms with Crippen molar-refractivity contribution in [2.45, 2.75) is 25.0 Å². The molecule has 8 nitrogen and oxygen atoms in total. The Morgan fingerprint density at radius 3 is 2.57 bits per heavy atom. The molecule has 0 saturated carbocycles. The minimum absolute atomic E-state index is 0.0363. The minimum Gasteiger partial charge on any atom is -0.394 e. The second-order valence-electron chi connectivity index (χ2n) is 5.86. The van der Waals surface area contributed by atoms with Gasteiger partial charge in [-0.2, -0.15) is 0 Å². The summed E-state index contributed by atoms with van der Waals surface area (Å²) >= 11 is 0. The number of aliphatic imine (C=N–C) groups is 1. The summed E-state index contributed by atoms with van der Waals surface area (Å²) in [6.45, 7) is 3.90. The molecular weight excluding hydrogens is 296 g/mol. The Bertz CT molecular complexity index is 518. The van der Waals surface area contributed by atoms with E-state index in [0.717, 1.165) is 45.0 Å². The van der Waals surface area contributed by atoms with Crippen molar-refractivity contribution in [1.82, 2.24) is 14.9 Å². The molecule has 0 aromatic carbocycles. The van der Waals surface area contributed by atoms with E-state index in [-0.39, 0.29) is 18.8 Å². The van der Waals surface area contributed by atoms with Crippen LogP contribution in [0.2, 0.25) is 0 Å². The van der Waals surface area contributed by atoms with Crippen molar-refractivity contribution < 1.29 is 9.84 Å². The molecule has 2 aliphatic heterocycles. The van der Waals surface area contributed by atoms with Crippen LogP contribution in [0.15, 0.2) is 23.5 Å². The quantitative estimate of drug-likeness (QED) is 0.567. The number of piperazine rings is 1. The first-order valence-corrected chi connectivity index (χ1v) is 8.09. The van der Waals surface area contributed by atoms with E-state index in [0.29, 0.717) is 12.5 Å². The molecule has 2 saturated heterocycles. The predicted molar refractivity (Wildman–Crippen MR) is 87.3 cm³/mol. The number of anilines is 1. The number of ether oxygens (including phenoxy) is 1. The highest BCUT2D eigenvalue weighted by molar-refractivity contribution is 5.78. The normalized spacial score (nSPS) is 25.9. The van der Waals surface area contributed by atoms with Crippen molar-refractivity contribution in [2.75, 3.05) is 44.2 Å². The number of hydrogen-bond donors (Lipinski definition) is 2. The summed E-state index contributed by atoms with van der Waals surface area (Å²) in [6, 6.07) is 1.82. The molecule has 23 heavy (non-hydrogen) atoms. The fourth-order valence-electron chi connectivity index (χ4n) is 2.93. The average molecular weight is 320 g/mol. The number of hydrogen-bond acceptors (Lipinski definition) is 6. The van der Waals surface area contributed by atoms with Gasteiger partial charge in [0.2, 0.25) is 5.95 Å². The van der Waals surface area contributed by atoms with Crippen LogP contribution in [0.4, 0.5) is 5.95 Å². The molecule has 126 valence electrons. The number of aliphatic hydroxyl groups is 1. The number of nitrogens with two attached hydrogens (primary N) is 1. The van der Waals surface area contributed by atoms with Gasteiger partial charge in [-0.15, -0.1) is 0 Å². The molecule has 1 aromatic heterocycles. The number of rotatable bonds is 4. The summed E-state index contributed by atoms with van der Waals surface area (Å²) in [4.78, 5) is 17.2. The van der Waals surface area contributed by atoms with Gasteiger partial charge in [-0.25, -0.2) is 9.97 Å². The summed E-state index contributed by atoms with van der Waals surface area (Å²) in [5, 5.41) is 9.08. The minimum atomic E-state index is -0.0363. The highest BCUT2D eigenvalue weighted by Gasteiger charge is 2.25. The van der Waals surface area contributed by atoms with Gasteiger partial charge in [-0.3, -0.25) is 4.99 Å². The molecule has 2 aliphatic rings. The monoisotopic (exact) mass is 320 g/mol. The van der Waals surface area contributed by atoms with Crippen LogP contribution in [0, 0.1) is 0 Å². The van der Waals surface area contributed by atoms with Gasteiger partial charge >= 0.3 is 0 Å². The lowest BCUT2D eigenvalue weighted by Gasteiger charge is -2.35. The molecule has 0 spiro atoms. The molecule has 2 fully saturated rings. The van der Waals surface area contributed by atoms with Gasteiger partial charge in [-0.05, 0) is 18.9 Å². The lowest BCUT2D eigenvalue weighted by Crippen LogP contribution is -2.51. The largest absolute Gasteiger partial charge is 0.394 e. The van der Waals surface area contributed by atoms with Crippen molar-refractivity contribution in [2.24, 2.45) is 10.7 Å². The van der Waals surface area contributed by atoms with Crippen molar-refractivity contribution in [3.05, 3.63) is 18.5 Å². The van der Waals surface area contributed by atoms with E-state index < -0.39 is 0 Å². The van der Waals surface area contributed by atoms with E-state index in [2.05, 4.69) is 24.8 Å². The van der Waals surface area contributed by atoms with Gasteiger partial charge in [-0.1, -0.05) is 0 Å². The molecule has 8 heteroatoms. The molecule has 0 amide bonds. The molecule has 0 radical (unpaired) electrons. The molecule has 3 heterocycles. The summed E-state index contributed by atoms with van der Waals surface area (Å²) in [6.07, 6.45) is 5.38. The lowest BCUT2D eigenvalue weighted by molar-refractivity contribution is 0.0159. The Morgan fingerprint density at radius 2 is 1.91 bits per heavy atom. The third kappa shape index (κ3) is 4.08. The van der Waals surface area contributed by atoms with Gasteiger partial charge in [0.1, 0.15) is 0 Å². The molecule has 3 rings (SSSR count). The SMILES string of the molecule is NC(=NC[C@H]1CC[C@@H](CO)O1)N1CCN(c2ncccn2)CC1. The van der Waals surface area contributed by atoms with Crippen LogP contribution >= 0.6 is 0 Å². The lowest BCUT2D eigenvalue weighted by atomic mass is 10.2. The second kappa shape index (κ2) is 7.56. The maximum Gasteiger partial charge on any atom is 0.225 e. The molecular formula is C15H24N6O2. The highest BCUT2D eigenvalue weighted by Crippen LogP contribution is 2.19. The fraction of sp³-hybridized carbons (Fsp3) is 0.667. The van der Waals surface area contributed by atoms with E-state index in [4.69, 9.17) is 15.6 Å². The van der Waals surface area contributed by atoms with Crippen LogP contribution in [0.1, 0.15) is 12.8 Å². The third-order valence-corrected chi connectivity index (χ3v) is 4.29. The van der Waals surface area contributed by atoms with E-state index in [1.165, 1.54) is 0 Å². The van der Waals surface area contributed by atoms with Crippen LogP contribution in [-0.4, -0.2) is 77.5 Å². The molecule has 2 atom stereocenters. The van der Waals surface area contributed by atoms with Crippen molar-refractivity contribution in [3.63, 3.8) is 0 Å². The van der Waals surface area contributed by atoms with Crippen molar-refractivity contribution in [3.8, 4) is 0 Å². The molecule has 1 aromatic rings. The maximum absolute atomic E-state index is 9.08. The number of aliphatic hydroxyl groups excluding tert-OH is 1. The summed E-state index contributed by atoms with van der Waals surface area (Å²) in [5.74, 6) is 1.33. The number of guanidine groups is 1. The zero-order valence-corrected chi connectivity index (χ0v) is 13.2. The van der Waals surface area contributed by atoms with Crippen LogP contribution < -0.4 is 10.6 Å². The first kappa shape index (κ1) is 15.9. The van der Waals surface area contributed by atoms with Crippen LogP contribution in [0.3, 0.4) is 0 Å². The van der Waals surface area contributed by atoms with Crippen LogP contribution in [0.25, 0.3) is 0 Å². The van der Waals surface area contributed by atoms with Crippen molar-refractivity contribution in [1.29, 1.82) is 0 Å². The topological polar surface area (TPSA) is 100 Å². The average Bonchev–Trinajstić information content (AvgIpc) is 3.09. The van der Waals surface area contributed by atoms with Crippen molar-refractivity contribution >= 4 is 11.9 Å². The molecule has 0 unspecified atom stereocenters. The van der Waals surface area contributed by atoms with Gasteiger partial charge in [0.05, 0.1) is 25.4 Å². The van der Waals surface area contributed by atoms with E-state index in [1.54, 1.807) is 12.4 Å². The maximum atomic E-state index is 9.08. The Hall–Kier alpha value is -1.93. The zero-order valence-electron chi connectivity index (χ0n) is 13.2. The number of nitrogens with zero attached hydrogens (tertiary/aromatic N) is 5. The molecule has 0 aliphatic carbocycles. The Morgan fingerprint density at radius 1 is 1.22 bits per heavy atom. The van der Waals surface area contributed by atoms with Crippen LogP contribution in [0.5, 0.6) is 0 Å². The van der Waals surface area contributed by atoms with Crippen LogP contribution in [-0.2, 0) is 4.74 Å². The Balaban J connectivity index is 1.46. The van der Waals surface area contributed by atoms with E-state index >= 15 is 0 Å². The first-order valence-electron chi connectivity index (χ1n) is 8.09. The zero-order chi connectivity index (χ0) is 16.1. The third-order valence-electron chi connectivity index (χ3n) is 4.29. The molecule has 3 N–H and O–H groups in total. The standard InChI is InChI=1S/C15H24N6O2/c16-14(19-10-12-2-3-13(11-22)23-12)20-6-8-21(9-7-20)15-17-4-1-5-18-15/h1,4-5,12-13,22H,2-3,6-11H2,(H2,16,19)/t12-,13+/m1/s1. The highest BCUT2D eigenvalue weighted by atomic mass is 16.5. The molecule has 0 bridgehead atoms. The van der Waals surface area contributed by atoms with E-state index in [9.17, 15) is 0 Å². The van der Waals surface area contributed by atoms with E-state index in [1.807, 2.05) is 6.07 Å². The first-order chi connectivity index (χ1) is 11.3.